The van der Waals surface area contributed by atoms with Gasteiger partial charge in [-0.1, -0.05) is 25.4 Å². The number of carboxylic acids is 1. The van der Waals surface area contributed by atoms with Gasteiger partial charge < -0.3 is 10.4 Å². The largest absolute Gasteiger partial charge is 0.481 e. The van der Waals surface area contributed by atoms with E-state index >= 15 is 0 Å². The topological polar surface area (TPSA) is 79.3 Å². The molecule has 2 aromatic rings. The van der Waals surface area contributed by atoms with E-state index in [1.807, 2.05) is 32.0 Å². The molecular formula is C17H19ClN2O3S. The monoisotopic (exact) mass is 366 g/mol. The fraction of sp³-hybridized carbons (Fsp3) is 0.471. The quantitative estimate of drug-likeness (QED) is 0.851. The lowest BCUT2D eigenvalue weighted by Crippen LogP contribution is -2.55. The fourth-order valence-corrected chi connectivity index (χ4v) is 4.52. The summed E-state index contributed by atoms with van der Waals surface area (Å²) >= 11 is 7.53. The van der Waals surface area contributed by atoms with Crippen LogP contribution in [-0.2, 0) is 16.0 Å². The van der Waals surface area contributed by atoms with Gasteiger partial charge in [0.05, 0.1) is 27.1 Å². The molecule has 128 valence electrons. The molecule has 0 radical (unpaired) electrons. The fourth-order valence-electron chi connectivity index (χ4n) is 3.41. The van der Waals surface area contributed by atoms with Crippen molar-refractivity contribution < 1.29 is 14.7 Å². The first kappa shape index (κ1) is 17.2. The SMILES string of the molecule is CC1C(C)[C@H](C(=O)NCCc2nc3cc(Cl)ccc3s2)[C@@H]1C(=O)O. The minimum absolute atomic E-state index is 0.0345. The summed E-state index contributed by atoms with van der Waals surface area (Å²) in [5, 5.41) is 13.7. The number of aromatic nitrogens is 1. The van der Waals surface area contributed by atoms with Crippen LogP contribution in [0.4, 0.5) is 0 Å². The minimum atomic E-state index is -0.885. The second-order valence-electron chi connectivity index (χ2n) is 6.37. The first-order chi connectivity index (χ1) is 11.4. The van der Waals surface area contributed by atoms with Gasteiger partial charge in [0.15, 0.2) is 0 Å². The Hall–Kier alpha value is -1.66. The zero-order valence-electron chi connectivity index (χ0n) is 13.5. The highest BCUT2D eigenvalue weighted by atomic mass is 35.5. The number of carbonyl (C=O) groups is 2. The van der Waals surface area contributed by atoms with Crippen molar-refractivity contribution in [2.24, 2.45) is 23.7 Å². The first-order valence-corrected chi connectivity index (χ1v) is 9.13. The highest BCUT2D eigenvalue weighted by Crippen LogP contribution is 2.45. The van der Waals surface area contributed by atoms with Crippen LogP contribution in [0.25, 0.3) is 10.2 Å². The lowest BCUT2D eigenvalue weighted by molar-refractivity contribution is -0.163. The Labute approximate surface area is 149 Å². The molecule has 24 heavy (non-hydrogen) atoms. The molecular weight excluding hydrogens is 348 g/mol. The lowest BCUT2D eigenvalue weighted by atomic mass is 9.57. The van der Waals surface area contributed by atoms with Crippen molar-refractivity contribution >= 4 is 45.0 Å². The number of nitrogens with zero attached hydrogens (tertiary/aromatic N) is 1. The van der Waals surface area contributed by atoms with Crippen molar-refractivity contribution in [3.63, 3.8) is 0 Å². The number of nitrogens with one attached hydrogen (secondary N) is 1. The summed E-state index contributed by atoms with van der Waals surface area (Å²) in [6.45, 7) is 4.28. The summed E-state index contributed by atoms with van der Waals surface area (Å²) in [7, 11) is 0. The van der Waals surface area contributed by atoms with Gasteiger partial charge in [0.2, 0.25) is 5.91 Å². The second kappa shape index (κ2) is 6.69. The van der Waals surface area contributed by atoms with Crippen LogP contribution in [0.15, 0.2) is 18.2 Å². The number of hydrogen-bond donors (Lipinski definition) is 2. The maximum atomic E-state index is 12.3. The van der Waals surface area contributed by atoms with Crippen molar-refractivity contribution in [2.75, 3.05) is 6.54 Å². The Balaban J connectivity index is 1.57. The van der Waals surface area contributed by atoms with Crippen LogP contribution in [0.1, 0.15) is 18.9 Å². The van der Waals surface area contributed by atoms with Crippen LogP contribution in [-0.4, -0.2) is 28.5 Å². The number of amides is 1. The molecule has 7 heteroatoms. The Morgan fingerprint density at radius 2 is 2.00 bits per heavy atom. The van der Waals surface area contributed by atoms with E-state index in [2.05, 4.69) is 10.3 Å². The average molecular weight is 367 g/mol. The first-order valence-electron chi connectivity index (χ1n) is 7.94. The van der Waals surface area contributed by atoms with Gasteiger partial charge in [-0.2, -0.15) is 0 Å². The number of thiazole rings is 1. The predicted octanol–water partition coefficient (Wildman–Crippen LogP) is 3.21. The maximum absolute atomic E-state index is 12.3. The van der Waals surface area contributed by atoms with E-state index in [9.17, 15) is 14.7 Å². The molecule has 1 heterocycles. The number of aliphatic carboxylic acids is 1. The zero-order chi connectivity index (χ0) is 17.4. The second-order valence-corrected chi connectivity index (χ2v) is 7.92. The molecule has 1 saturated carbocycles. The molecule has 3 rings (SSSR count). The van der Waals surface area contributed by atoms with Gasteiger partial charge in [-0.15, -0.1) is 11.3 Å². The van der Waals surface area contributed by atoms with E-state index in [0.29, 0.717) is 18.0 Å². The van der Waals surface area contributed by atoms with Crippen molar-refractivity contribution in [3.05, 3.63) is 28.2 Å². The average Bonchev–Trinajstić information content (AvgIpc) is 2.92. The number of benzene rings is 1. The van der Waals surface area contributed by atoms with Crippen LogP contribution in [0.2, 0.25) is 5.02 Å². The molecule has 1 aromatic heterocycles. The summed E-state index contributed by atoms with van der Waals surface area (Å²) < 4.78 is 1.06. The van der Waals surface area contributed by atoms with Crippen LogP contribution in [0, 0.1) is 23.7 Å². The molecule has 0 saturated heterocycles. The summed E-state index contributed by atoms with van der Waals surface area (Å²) in [6, 6.07) is 5.59. The van der Waals surface area contributed by atoms with Crippen molar-refractivity contribution in [1.82, 2.24) is 10.3 Å². The maximum Gasteiger partial charge on any atom is 0.307 e. The van der Waals surface area contributed by atoms with E-state index in [-0.39, 0.29) is 17.7 Å². The molecule has 0 bridgehead atoms. The summed E-state index contributed by atoms with van der Waals surface area (Å²) in [5.41, 5.74) is 0.862. The van der Waals surface area contributed by atoms with E-state index < -0.39 is 17.8 Å². The Bertz CT molecular complexity index is 791. The van der Waals surface area contributed by atoms with Crippen LogP contribution in [0.5, 0.6) is 0 Å². The van der Waals surface area contributed by atoms with Gasteiger partial charge in [-0.25, -0.2) is 4.98 Å². The molecule has 1 fully saturated rings. The van der Waals surface area contributed by atoms with E-state index in [4.69, 9.17) is 11.6 Å². The van der Waals surface area contributed by atoms with Crippen molar-refractivity contribution in [2.45, 2.75) is 20.3 Å². The van der Waals surface area contributed by atoms with E-state index in [1.54, 1.807) is 11.3 Å². The zero-order valence-corrected chi connectivity index (χ0v) is 15.0. The summed E-state index contributed by atoms with van der Waals surface area (Å²) in [5.74, 6) is -1.94. The van der Waals surface area contributed by atoms with Gasteiger partial charge in [0.1, 0.15) is 0 Å². The molecule has 0 aliphatic heterocycles. The summed E-state index contributed by atoms with van der Waals surface area (Å²) in [4.78, 5) is 28.1. The highest BCUT2D eigenvalue weighted by Gasteiger charge is 2.52. The third-order valence-corrected chi connectivity index (χ3v) is 6.30. The van der Waals surface area contributed by atoms with E-state index in [0.717, 1.165) is 15.2 Å². The lowest BCUT2D eigenvalue weighted by Gasteiger charge is -2.45. The predicted molar refractivity (Wildman–Crippen MR) is 94.3 cm³/mol. The third-order valence-electron chi connectivity index (χ3n) is 4.97. The van der Waals surface area contributed by atoms with E-state index in [1.165, 1.54) is 0 Å². The van der Waals surface area contributed by atoms with Crippen LogP contribution in [0.3, 0.4) is 0 Å². The molecule has 2 N–H and O–H groups in total. The third kappa shape index (κ3) is 3.13. The highest BCUT2D eigenvalue weighted by molar-refractivity contribution is 7.18. The number of halogens is 1. The molecule has 1 amide bonds. The number of fused-ring (bicyclic) bond motifs is 1. The van der Waals surface area contributed by atoms with Gasteiger partial charge in [0, 0.05) is 18.0 Å². The standard InChI is InChI=1S/C17H19ClN2O3S/c1-8-9(2)15(17(22)23)14(8)16(21)19-6-5-13-20-11-7-10(18)3-4-12(11)24-13/h3-4,7-9,14-15H,5-6H2,1-2H3,(H,19,21)(H,22,23)/t8?,9?,14-,15+/m0/s1. The van der Waals surface area contributed by atoms with Crippen LogP contribution >= 0.6 is 22.9 Å². The molecule has 5 nitrogen and oxygen atoms in total. The number of carbonyl (C=O) groups excluding carboxylic acids is 1. The van der Waals surface area contributed by atoms with Gasteiger partial charge in [-0.3, -0.25) is 9.59 Å². The van der Waals surface area contributed by atoms with Crippen molar-refractivity contribution in [1.29, 1.82) is 0 Å². The van der Waals surface area contributed by atoms with Crippen molar-refractivity contribution in [3.8, 4) is 0 Å². The molecule has 0 spiro atoms. The molecule has 1 aromatic carbocycles. The van der Waals surface area contributed by atoms with Crippen LogP contribution < -0.4 is 5.32 Å². The Morgan fingerprint density at radius 3 is 2.71 bits per heavy atom. The smallest absolute Gasteiger partial charge is 0.307 e. The minimum Gasteiger partial charge on any atom is -0.481 e. The molecule has 2 unspecified atom stereocenters. The normalized spacial score (nSPS) is 26.1. The molecule has 1 aliphatic rings. The molecule has 1 aliphatic carbocycles. The van der Waals surface area contributed by atoms with Gasteiger partial charge >= 0.3 is 5.97 Å². The number of carboxylic acid groups (broad SMARTS) is 1. The summed E-state index contributed by atoms with van der Waals surface area (Å²) in [6.07, 6.45) is 0.622. The molecule has 4 atom stereocenters. The Kier molecular flexibility index (Phi) is 4.78. The number of hydrogen-bond acceptors (Lipinski definition) is 4. The van der Waals surface area contributed by atoms with Gasteiger partial charge in [-0.05, 0) is 30.0 Å². The number of rotatable bonds is 5. The van der Waals surface area contributed by atoms with Gasteiger partial charge in [0.25, 0.3) is 0 Å². The Morgan fingerprint density at radius 1 is 1.29 bits per heavy atom.